The lowest BCUT2D eigenvalue weighted by Crippen LogP contribution is -2.29. The Kier molecular flexibility index (Phi) is 4.81. The summed E-state index contributed by atoms with van der Waals surface area (Å²) in [7, 11) is 0. The van der Waals surface area contributed by atoms with Crippen LogP contribution in [0.25, 0.3) is 0 Å². The van der Waals surface area contributed by atoms with Gasteiger partial charge >= 0.3 is 0 Å². The summed E-state index contributed by atoms with van der Waals surface area (Å²) >= 11 is 6.39. The van der Waals surface area contributed by atoms with E-state index in [9.17, 15) is 4.79 Å². The number of amides is 1. The molecule has 1 aromatic carbocycles. The summed E-state index contributed by atoms with van der Waals surface area (Å²) < 4.78 is 0. The molecule has 0 bridgehead atoms. The second kappa shape index (κ2) is 6.80. The monoisotopic (exact) mass is 306 g/mol. The lowest BCUT2D eigenvalue weighted by atomic mass is 9.96. The van der Waals surface area contributed by atoms with Gasteiger partial charge in [-0.05, 0) is 61.5 Å². The molecule has 1 fully saturated rings. The number of hydrogen-bond acceptors (Lipinski definition) is 2. The van der Waals surface area contributed by atoms with Crippen molar-refractivity contribution < 1.29 is 4.79 Å². The van der Waals surface area contributed by atoms with Crippen LogP contribution in [0, 0.1) is 5.92 Å². The summed E-state index contributed by atoms with van der Waals surface area (Å²) in [4.78, 5) is 12.2. The SMILES string of the molecule is O=C(NCc1c(Cl)ccc2c1CCNCC2)C1CCCC1. The molecular weight excluding hydrogens is 284 g/mol. The van der Waals surface area contributed by atoms with Crippen LogP contribution in [0.3, 0.4) is 0 Å². The molecule has 3 rings (SSSR count). The Hall–Kier alpha value is -1.06. The normalized spacial score (nSPS) is 19.1. The minimum atomic E-state index is 0.202. The first-order chi connectivity index (χ1) is 10.3. The van der Waals surface area contributed by atoms with Gasteiger partial charge in [0.15, 0.2) is 0 Å². The Balaban J connectivity index is 1.73. The summed E-state index contributed by atoms with van der Waals surface area (Å²) in [5.74, 6) is 0.417. The van der Waals surface area contributed by atoms with Crippen LogP contribution in [-0.2, 0) is 24.2 Å². The number of fused-ring (bicyclic) bond motifs is 1. The highest BCUT2D eigenvalue weighted by Crippen LogP contribution is 2.27. The molecular formula is C17H23ClN2O. The molecule has 3 nitrogen and oxygen atoms in total. The van der Waals surface area contributed by atoms with Gasteiger partial charge in [-0.1, -0.05) is 30.5 Å². The first-order valence-corrected chi connectivity index (χ1v) is 8.41. The van der Waals surface area contributed by atoms with Gasteiger partial charge in [-0.15, -0.1) is 0 Å². The van der Waals surface area contributed by atoms with E-state index in [1.54, 1.807) is 0 Å². The molecule has 0 aromatic heterocycles. The summed E-state index contributed by atoms with van der Waals surface area (Å²) in [5, 5.41) is 7.31. The van der Waals surface area contributed by atoms with E-state index in [1.165, 1.54) is 24.0 Å². The van der Waals surface area contributed by atoms with Crippen LogP contribution in [0.15, 0.2) is 12.1 Å². The third kappa shape index (κ3) is 3.41. The van der Waals surface area contributed by atoms with Crippen molar-refractivity contribution in [2.75, 3.05) is 13.1 Å². The van der Waals surface area contributed by atoms with E-state index in [2.05, 4.69) is 16.7 Å². The predicted octanol–water partition coefficient (Wildman–Crippen LogP) is 2.83. The van der Waals surface area contributed by atoms with Gasteiger partial charge in [0.1, 0.15) is 0 Å². The van der Waals surface area contributed by atoms with E-state index in [-0.39, 0.29) is 11.8 Å². The number of nitrogens with one attached hydrogen (secondary N) is 2. The Bertz CT molecular complexity index is 524. The van der Waals surface area contributed by atoms with Crippen molar-refractivity contribution >= 4 is 17.5 Å². The van der Waals surface area contributed by atoms with E-state index in [0.29, 0.717) is 6.54 Å². The van der Waals surface area contributed by atoms with E-state index < -0.39 is 0 Å². The molecule has 2 N–H and O–H groups in total. The maximum Gasteiger partial charge on any atom is 0.223 e. The fourth-order valence-corrected chi connectivity index (χ4v) is 3.76. The number of carbonyl (C=O) groups excluding carboxylic acids is 1. The highest BCUT2D eigenvalue weighted by atomic mass is 35.5. The molecule has 1 aromatic rings. The Morgan fingerprint density at radius 2 is 2.00 bits per heavy atom. The number of rotatable bonds is 3. The molecule has 2 aliphatic rings. The highest BCUT2D eigenvalue weighted by Gasteiger charge is 2.23. The highest BCUT2D eigenvalue weighted by molar-refractivity contribution is 6.31. The molecule has 0 spiro atoms. The predicted molar refractivity (Wildman–Crippen MR) is 85.5 cm³/mol. The summed E-state index contributed by atoms with van der Waals surface area (Å²) in [6, 6.07) is 4.11. The molecule has 4 heteroatoms. The first kappa shape index (κ1) is 14.9. The van der Waals surface area contributed by atoms with Crippen LogP contribution in [0.5, 0.6) is 0 Å². The number of carbonyl (C=O) groups is 1. The third-order valence-electron chi connectivity index (χ3n) is 4.76. The average molecular weight is 307 g/mol. The van der Waals surface area contributed by atoms with Gasteiger partial charge in [0.2, 0.25) is 5.91 Å². The Labute approximate surface area is 131 Å². The Morgan fingerprint density at radius 3 is 2.81 bits per heavy atom. The molecule has 0 unspecified atom stereocenters. The largest absolute Gasteiger partial charge is 0.352 e. The van der Waals surface area contributed by atoms with Crippen LogP contribution in [0.4, 0.5) is 0 Å². The quantitative estimate of drug-likeness (QED) is 0.901. The topological polar surface area (TPSA) is 41.1 Å². The number of halogens is 1. The maximum absolute atomic E-state index is 12.2. The fourth-order valence-electron chi connectivity index (χ4n) is 3.52. The third-order valence-corrected chi connectivity index (χ3v) is 5.11. The van der Waals surface area contributed by atoms with Crippen molar-refractivity contribution in [2.45, 2.75) is 45.1 Å². The molecule has 21 heavy (non-hydrogen) atoms. The number of hydrogen-bond donors (Lipinski definition) is 2. The molecule has 1 aliphatic carbocycles. The van der Waals surface area contributed by atoms with Gasteiger partial charge in [-0.2, -0.15) is 0 Å². The van der Waals surface area contributed by atoms with Crippen molar-refractivity contribution in [1.82, 2.24) is 10.6 Å². The summed E-state index contributed by atoms with van der Waals surface area (Å²) in [6.07, 6.45) is 6.48. The lowest BCUT2D eigenvalue weighted by molar-refractivity contribution is -0.124. The van der Waals surface area contributed by atoms with Gasteiger partial charge in [-0.25, -0.2) is 0 Å². The van der Waals surface area contributed by atoms with E-state index in [1.807, 2.05) is 6.07 Å². The van der Waals surface area contributed by atoms with Crippen LogP contribution in [-0.4, -0.2) is 19.0 Å². The van der Waals surface area contributed by atoms with Gasteiger partial charge in [0.25, 0.3) is 0 Å². The minimum Gasteiger partial charge on any atom is -0.352 e. The van der Waals surface area contributed by atoms with Crippen molar-refractivity contribution in [1.29, 1.82) is 0 Å². The van der Waals surface area contributed by atoms with Gasteiger partial charge in [-0.3, -0.25) is 4.79 Å². The second-order valence-corrected chi connectivity index (χ2v) is 6.52. The van der Waals surface area contributed by atoms with Crippen LogP contribution >= 0.6 is 11.6 Å². The summed E-state index contributed by atoms with van der Waals surface area (Å²) in [6.45, 7) is 2.57. The summed E-state index contributed by atoms with van der Waals surface area (Å²) in [5.41, 5.74) is 3.82. The standard InChI is InChI=1S/C17H23ClN2O/c18-16-6-5-12-7-9-19-10-8-14(12)15(16)11-20-17(21)13-3-1-2-4-13/h5-6,13,19H,1-4,7-11H2,(H,20,21). The van der Waals surface area contributed by atoms with Crippen molar-refractivity contribution in [3.63, 3.8) is 0 Å². The van der Waals surface area contributed by atoms with E-state index >= 15 is 0 Å². The van der Waals surface area contributed by atoms with Gasteiger partial charge in [0, 0.05) is 17.5 Å². The molecule has 114 valence electrons. The average Bonchev–Trinajstić information content (AvgIpc) is 2.92. The van der Waals surface area contributed by atoms with Crippen molar-refractivity contribution in [3.8, 4) is 0 Å². The van der Waals surface area contributed by atoms with Gasteiger partial charge < -0.3 is 10.6 Å². The molecule has 0 atom stereocenters. The number of benzene rings is 1. The molecule has 0 saturated heterocycles. The fraction of sp³-hybridized carbons (Fsp3) is 0.588. The first-order valence-electron chi connectivity index (χ1n) is 8.03. The van der Waals surface area contributed by atoms with Crippen LogP contribution in [0.1, 0.15) is 42.4 Å². The molecule has 1 aliphatic heterocycles. The zero-order chi connectivity index (χ0) is 14.7. The Morgan fingerprint density at radius 1 is 1.24 bits per heavy atom. The molecule has 0 radical (unpaired) electrons. The lowest BCUT2D eigenvalue weighted by Gasteiger charge is -2.16. The van der Waals surface area contributed by atoms with Crippen molar-refractivity contribution in [3.05, 3.63) is 33.8 Å². The molecule has 1 saturated carbocycles. The van der Waals surface area contributed by atoms with Crippen LogP contribution < -0.4 is 10.6 Å². The molecule has 1 heterocycles. The second-order valence-electron chi connectivity index (χ2n) is 6.11. The zero-order valence-corrected chi connectivity index (χ0v) is 13.1. The van der Waals surface area contributed by atoms with Gasteiger partial charge in [0.05, 0.1) is 0 Å². The van der Waals surface area contributed by atoms with Crippen LogP contribution in [0.2, 0.25) is 5.02 Å². The molecule has 1 amide bonds. The van der Waals surface area contributed by atoms with E-state index in [4.69, 9.17) is 11.6 Å². The maximum atomic E-state index is 12.2. The van der Waals surface area contributed by atoms with E-state index in [0.717, 1.165) is 49.4 Å². The smallest absolute Gasteiger partial charge is 0.223 e. The zero-order valence-electron chi connectivity index (χ0n) is 12.4. The van der Waals surface area contributed by atoms with Crippen molar-refractivity contribution in [2.24, 2.45) is 5.92 Å². The minimum absolute atomic E-state index is 0.202.